The molecule has 2 heterocycles. The van der Waals surface area contributed by atoms with Gasteiger partial charge in [-0.15, -0.1) is 0 Å². The summed E-state index contributed by atoms with van der Waals surface area (Å²) in [4.78, 5) is 26.8. The first kappa shape index (κ1) is 17.8. The van der Waals surface area contributed by atoms with Crippen LogP contribution in [0.1, 0.15) is 0 Å². The normalized spacial score (nSPS) is 10.9. The van der Waals surface area contributed by atoms with E-state index >= 15 is 0 Å². The molecule has 1 N–H and O–H groups in total. The molecule has 0 unspecified atom stereocenters. The lowest BCUT2D eigenvalue weighted by molar-refractivity contribution is -0.113. The fourth-order valence-electron chi connectivity index (χ4n) is 1.93. The fraction of sp³-hybridized carbons (Fsp3) is 0.200. The maximum Gasteiger partial charge on any atom is 0.234 e. The quantitative estimate of drug-likeness (QED) is 0.523. The van der Waals surface area contributed by atoms with Crippen LogP contribution in [0.15, 0.2) is 29.6 Å². The van der Waals surface area contributed by atoms with Crippen LogP contribution in [0.5, 0.6) is 0 Å². The van der Waals surface area contributed by atoms with Gasteiger partial charge in [0, 0.05) is 14.1 Å². The molecule has 0 saturated carbocycles. The molecule has 0 spiro atoms. The number of rotatable bonds is 5. The van der Waals surface area contributed by atoms with Gasteiger partial charge >= 0.3 is 0 Å². The van der Waals surface area contributed by atoms with Crippen molar-refractivity contribution < 1.29 is 9.18 Å². The number of anilines is 2. The summed E-state index contributed by atoms with van der Waals surface area (Å²) in [5.74, 6) is -0.583. The standard InChI is InChI=1S/C15H13ClFN5OS2/c1-22(2)15-21-13-12(25-15)14(19-7-18-13)24-6-11(23)20-10-4-3-8(17)5-9(10)16/h3-5,7H,6H2,1-2H3,(H,20,23). The number of thioether (sulfide) groups is 1. The van der Waals surface area contributed by atoms with E-state index < -0.39 is 5.82 Å². The van der Waals surface area contributed by atoms with Gasteiger partial charge < -0.3 is 10.2 Å². The topological polar surface area (TPSA) is 71.0 Å². The zero-order valence-corrected chi connectivity index (χ0v) is 15.7. The van der Waals surface area contributed by atoms with Crippen molar-refractivity contribution in [2.24, 2.45) is 0 Å². The van der Waals surface area contributed by atoms with Crippen molar-refractivity contribution in [1.82, 2.24) is 15.0 Å². The number of amides is 1. The van der Waals surface area contributed by atoms with E-state index in [-0.39, 0.29) is 16.7 Å². The maximum atomic E-state index is 13.0. The summed E-state index contributed by atoms with van der Waals surface area (Å²) in [6.07, 6.45) is 1.43. The van der Waals surface area contributed by atoms with Gasteiger partial charge in [-0.3, -0.25) is 4.79 Å². The summed E-state index contributed by atoms with van der Waals surface area (Å²) in [6, 6.07) is 3.82. The van der Waals surface area contributed by atoms with Gasteiger partial charge in [0.05, 0.1) is 16.5 Å². The number of carbonyl (C=O) groups excluding carboxylic acids is 1. The molecule has 2 aromatic heterocycles. The number of nitrogens with one attached hydrogen (secondary N) is 1. The minimum atomic E-state index is -0.456. The summed E-state index contributed by atoms with van der Waals surface area (Å²) in [5.41, 5.74) is 0.974. The Morgan fingerprint density at radius 3 is 2.92 bits per heavy atom. The van der Waals surface area contributed by atoms with Gasteiger partial charge in [-0.2, -0.15) is 4.98 Å². The van der Waals surface area contributed by atoms with Crippen molar-refractivity contribution in [3.8, 4) is 0 Å². The van der Waals surface area contributed by atoms with Gasteiger partial charge in [-0.1, -0.05) is 34.7 Å². The third-order valence-corrected chi connectivity index (χ3v) is 5.73. The highest BCUT2D eigenvalue weighted by atomic mass is 35.5. The summed E-state index contributed by atoms with van der Waals surface area (Å²) < 4.78 is 13.9. The van der Waals surface area contributed by atoms with Crippen LogP contribution in [0.2, 0.25) is 5.02 Å². The van der Waals surface area contributed by atoms with Crippen molar-refractivity contribution in [1.29, 1.82) is 0 Å². The smallest absolute Gasteiger partial charge is 0.234 e. The SMILES string of the molecule is CN(C)c1nc2ncnc(SCC(=O)Nc3ccc(F)cc3Cl)c2s1. The van der Waals surface area contributed by atoms with Gasteiger partial charge in [-0.25, -0.2) is 14.4 Å². The van der Waals surface area contributed by atoms with Crippen molar-refractivity contribution >= 4 is 61.8 Å². The van der Waals surface area contributed by atoms with Crippen LogP contribution in [0.25, 0.3) is 10.3 Å². The average molecular weight is 398 g/mol. The van der Waals surface area contributed by atoms with Crippen LogP contribution in [0.4, 0.5) is 15.2 Å². The van der Waals surface area contributed by atoms with E-state index in [4.69, 9.17) is 11.6 Å². The lowest BCUT2D eigenvalue weighted by atomic mass is 10.3. The fourth-order valence-corrected chi connectivity index (χ4v) is 3.95. The average Bonchev–Trinajstić information content (AvgIpc) is 3.00. The van der Waals surface area contributed by atoms with Crippen molar-refractivity contribution in [3.63, 3.8) is 0 Å². The molecule has 0 atom stereocenters. The predicted octanol–water partition coefficient (Wildman–Crippen LogP) is 3.68. The predicted molar refractivity (Wildman–Crippen MR) is 100 cm³/mol. The van der Waals surface area contributed by atoms with E-state index in [1.807, 2.05) is 19.0 Å². The molecule has 1 amide bonds. The number of carbonyl (C=O) groups is 1. The molecule has 0 aliphatic carbocycles. The Morgan fingerprint density at radius 2 is 2.20 bits per heavy atom. The first-order chi connectivity index (χ1) is 11.9. The molecule has 0 aliphatic rings. The van der Waals surface area contributed by atoms with E-state index in [0.29, 0.717) is 16.4 Å². The molecule has 3 rings (SSSR count). The Labute approximate surface area is 156 Å². The number of aromatic nitrogens is 3. The summed E-state index contributed by atoms with van der Waals surface area (Å²) in [6.45, 7) is 0. The molecule has 3 aromatic rings. The minimum absolute atomic E-state index is 0.134. The third-order valence-electron chi connectivity index (χ3n) is 3.08. The lowest BCUT2D eigenvalue weighted by Crippen LogP contribution is -2.14. The van der Waals surface area contributed by atoms with E-state index in [2.05, 4.69) is 20.3 Å². The minimum Gasteiger partial charge on any atom is -0.354 e. The second-order valence-corrected chi connectivity index (χ2v) is 7.53. The number of fused-ring (bicyclic) bond motifs is 1. The van der Waals surface area contributed by atoms with Gasteiger partial charge in [-0.05, 0) is 18.2 Å². The van der Waals surface area contributed by atoms with Gasteiger partial charge in [0.1, 0.15) is 21.9 Å². The van der Waals surface area contributed by atoms with Crippen LogP contribution < -0.4 is 10.2 Å². The highest BCUT2D eigenvalue weighted by Crippen LogP contribution is 2.33. The second kappa shape index (κ2) is 7.51. The van der Waals surface area contributed by atoms with Crippen LogP contribution in [-0.2, 0) is 4.79 Å². The molecule has 0 saturated heterocycles. The van der Waals surface area contributed by atoms with Gasteiger partial charge in [0.15, 0.2) is 10.8 Å². The Kier molecular flexibility index (Phi) is 5.36. The zero-order chi connectivity index (χ0) is 18.0. The highest BCUT2D eigenvalue weighted by Gasteiger charge is 2.14. The van der Waals surface area contributed by atoms with Crippen LogP contribution >= 0.6 is 34.7 Å². The molecule has 0 aliphatic heterocycles. The first-order valence-electron chi connectivity index (χ1n) is 7.10. The van der Waals surface area contributed by atoms with Crippen molar-refractivity contribution in [3.05, 3.63) is 35.4 Å². The number of hydrogen-bond donors (Lipinski definition) is 1. The van der Waals surface area contributed by atoms with Gasteiger partial charge in [0.2, 0.25) is 5.91 Å². The monoisotopic (exact) mass is 397 g/mol. The largest absolute Gasteiger partial charge is 0.354 e. The summed E-state index contributed by atoms with van der Waals surface area (Å²) >= 11 is 8.66. The number of benzene rings is 1. The second-order valence-electron chi connectivity index (χ2n) is 5.18. The van der Waals surface area contributed by atoms with E-state index in [0.717, 1.165) is 15.9 Å². The molecule has 0 radical (unpaired) electrons. The van der Waals surface area contributed by atoms with Crippen LogP contribution in [-0.4, -0.2) is 40.7 Å². The summed E-state index contributed by atoms with van der Waals surface area (Å²) in [7, 11) is 3.80. The Bertz CT molecular complexity index is 933. The molecular weight excluding hydrogens is 385 g/mol. The molecule has 1 aromatic carbocycles. The number of hydrogen-bond acceptors (Lipinski definition) is 7. The highest BCUT2D eigenvalue weighted by molar-refractivity contribution is 8.00. The Hall–Kier alpha value is -1.97. The molecule has 10 heteroatoms. The third kappa shape index (κ3) is 4.17. The number of nitrogens with zero attached hydrogens (tertiary/aromatic N) is 4. The molecule has 0 bridgehead atoms. The number of halogens is 2. The summed E-state index contributed by atoms with van der Waals surface area (Å²) in [5, 5.41) is 4.32. The van der Waals surface area contributed by atoms with Crippen LogP contribution in [0.3, 0.4) is 0 Å². The Balaban J connectivity index is 1.70. The Morgan fingerprint density at radius 1 is 1.40 bits per heavy atom. The van der Waals surface area contributed by atoms with Gasteiger partial charge in [0.25, 0.3) is 0 Å². The first-order valence-corrected chi connectivity index (χ1v) is 9.28. The van der Waals surface area contributed by atoms with E-state index in [1.165, 1.54) is 41.6 Å². The molecule has 130 valence electrons. The van der Waals surface area contributed by atoms with Crippen molar-refractivity contribution in [2.45, 2.75) is 5.03 Å². The van der Waals surface area contributed by atoms with E-state index in [1.54, 1.807) is 0 Å². The van der Waals surface area contributed by atoms with Crippen LogP contribution in [0, 0.1) is 5.82 Å². The maximum absolute atomic E-state index is 13.0. The molecule has 0 fully saturated rings. The molecule has 6 nitrogen and oxygen atoms in total. The van der Waals surface area contributed by atoms with E-state index in [9.17, 15) is 9.18 Å². The lowest BCUT2D eigenvalue weighted by Gasteiger charge is -2.07. The zero-order valence-electron chi connectivity index (χ0n) is 13.3. The van der Waals surface area contributed by atoms with Crippen molar-refractivity contribution in [2.75, 3.05) is 30.1 Å². The molecular formula is C15H13ClFN5OS2. The number of thiazole rings is 1. The molecule has 25 heavy (non-hydrogen) atoms.